The molecule has 0 bridgehead atoms. The third-order valence-corrected chi connectivity index (χ3v) is 6.02. The molecule has 9 nitrogen and oxygen atoms in total. The molecular formula is C25H27N5O4. The van der Waals surface area contributed by atoms with Gasteiger partial charge in [-0.25, -0.2) is 4.68 Å². The van der Waals surface area contributed by atoms with Crippen molar-refractivity contribution in [2.24, 2.45) is 0 Å². The highest BCUT2D eigenvalue weighted by atomic mass is 16.7. The number of piperazine rings is 1. The molecule has 3 heterocycles. The summed E-state index contributed by atoms with van der Waals surface area (Å²) in [6, 6.07) is 17.1. The van der Waals surface area contributed by atoms with E-state index in [0.29, 0.717) is 31.0 Å². The minimum Gasteiger partial charge on any atom is -0.454 e. The van der Waals surface area contributed by atoms with Crippen molar-refractivity contribution in [1.82, 2.24) is 19.6 Å². The van der Waals surface area contributed by atoms with E-state index in [2.05, 4.69) is 15.3 Å². The molecule has 1 saturated heterocycles. The van der Waals surface area contributed by atoms with Crippen LogP contribution in [0.4, 0.5) is 5.82 Å². The Hall–Kier alpha value is -3.85. The van der Waals surface area contributed by atoms with E-state index in [1.807, 2.05) is 53.4 Å². The number of amides is 2. The van der Waals surface area contributed by atoms with Crippen molar-refractivity contribution in [3.8, 4) is 17.2 Å². The number of anilines is 1. The maximum absolute atomic E-state index is 13.2. The summed E-state index contributed by atoms with van der Waals surface area (Å²) in [5.74, 6) is 1.79. The molecule has 176 valence electrons. The van der Waals surface area contributed by atoms with Gasteiger partial charge in [-0.05, 0) is 29.8 Å². The fourth-order valence-corrected chi connectivity index (χ4v) is 4.14. The predicted molar refractivity (Wildman–Crippen MR) is 126 cm³/mol. The summed E-state index contributed by atoms with van der Waals surface area (Å²) in [6.07, 6.45) is 0.342. The van der Waals surface area contributed by atoms with Crippen LogP contribution in [0.15, 0.2) is 54.6 Å². The van der Waals surface area contributed by atoms with E-state index in [4.69, 9.17) is 9.47 Å². The highest BCUT2D eigenvalue weighted by Gasteiger charge is 2.26. The first kappa shape index (κ1) is 22.0. The minimum atomic E-state index is -0.135. The number of benzene rings is 2. The number of hydrogen-bond donors (Lipinski definition) is 1. The Morgan fingerprint density at radius 1 is 0.971 bits per heavy atom. The van der Waals surface area contributed by atoms with Crippen molar-refractivity contribution in [3.63, 3.8) is 0 Å². The van der Waals surface area contributed by atoms with E-state index in [9.17, 15) is 9.59 Å². The molecule has 2 aromatic carbocycles. The Morgan fingerprint density at radius 2 is 1.74 bits per heavy atom. The number of carbonyl (C=O) groups excluding carboxylic acids is 2. The lowest BCUT2D eigenvalue weighted by atomic mass is 10.1. The Balaban J connectivity index is 1.25. The van der Waals surface area contributed by atoms with Gasteiger partial charge >= 0.3 is 0 Å². The van der Waals surface area contributed by atoms with Crippen LogP contribution in [0.25, 0.3) is 5.69 Å². The summed E-state index contributed by atoms with van der Waals surface area (Å²) in [4.78, 5) is 29.4. The fourth-order valence-electron chi connectivity index (χ4n) is 4.14. The zero-order chi connectivity index (χ0) is 23.5. The van der Waals surface area contributed by atoms with Crippen molar-refractivity contribution in [2.75, 3.05) is 38.3 Å². The summed E-state index contributed by atoms with van der Waals surface area (Å²) in [6.45, 7) is 5.58. The quantitative estimate of drug-likeness (QED) is 0.607. The Bertz CT molecular complexity index is 1190. The summed E-state index contributed by atoms with van der Waals surface area (Å²) < 4.78 is 12.5. The number of nitrogens with one attached hydrogen (secondary N) is 1. The molecule has 0 aliphatic carbocycles. The molecule has 5 rings (SSSR count). The number of nitrogens with zero attached hydrogens (tertiary/aromatic N) is 4. The van der Waals surface area contributed by atoms with Gasteiger partial charge in [-0.15, -0.1) is 0 Å². The zero-order valence-electron chi connectivity index (χ0n) is 19.1. The number of carbonyl (C=O) groups is 2. The Labute approximate surface area is 197 Å². The maximum atomic E-state index is 13.2. The van der Waals surface area contributed by atoms with Crippen LogP contribution in [0, 0.1) is 0 Å². The molecular weight excluding hydrogens is 434 g/mol. The molecule has 0 radical (unpaired) electrons. The van der Waals surface area contributed by atoms with Gasteiger partial charge in [0.15, 0.2) is 17.2 Å². The molecule has 2 aliphatic rings. The highest BCUT2D eigenvalue weighted by Crippen LogP contribution is 2.33. The summed E-state index contributed by atoms with van der Waals surface area (Å²) in [5, 5.41) is 7.39. The summed E-state index contributed by atoms with van der Waals surface area (Å²) in [5.41, 5.74) is 2.25. The molecule has 2 aliphatic heterocycles. The van der Waals surface area contributed by atoms with Crippen LogP contribution < -0.4 is 14.8 Å². The van der Waals surface area contributed by atoms with Crippen molar-refractivity contribution >= 4 is 17.6 Å². The molecule has 2 amide bonds. The molecule has 1 N–H and O–H groups in total. The Kier molecular flexibility index (Phi) is 6.18. The first-order valence-corrected chi connectivity index (χ1v) is 11.5. The maximum Gasteiger partial charge on any atom is 0.274 e. The number of fused-ring (bicyclic) bond motifs is 1. The normalized spacial score (nSPS) is 15.4. The standard InChI is InChI=1S/C25H27N5O4/c1-2-24(31)26-23-15-20(27-30(23)19-6-4-3-5-7-19)25(32)29-12-10-28(11-13-29)16-18-8-9-21-22(14-18)34-17-33-21/h3-9,14-15H,2,10-13,16-17H2,1H3,(H,26,31). The Morgan fingerprint density at radius 3 is 2.50 bits per heavy atom. The molecule has 9 heteroatoms. The zero-order valence-corrected chi connectivity index (χ0v) is 19.1. The fraction of sp³-hybridized carbons (Fsp3) is 0.320. The van der Waals surface area contributed by atoms with Crippen LogP contribution in [0.3, 0.4) is 0 Å². The van der Waals surface area contributed by atoms with E-state index < -0.39 is 0 Å². The van der Waals surface area contributed by atoms with E-state index in [-0.39, 0.29) is 18.6 Å². The third kappa shape index (κ3) is 4.60. The average molecular weight is 462 g/mol. The average Bonchev–Trinajstić information content (AvgIpc) is 3.51. The van der Waals surface area contributed by atoms with Crippen molar-refractivity contribution < 1.29 is 19.1 Å². The number of para-hydroxylation sites is 1. The lowest BCUT2D eigenvalue weighted by molar-refractivity contribution is -0.115. The van der Waals surface area contributed by atoms with Gasteiger partial charge in [-0.1, -0.05) is 31.2 Å². The van der Waals surface area contributed by atoms with Gasteiger partial charge in [0, 0.05) is 45.2 Å². The van der Waals surface area contributed by atoms with Gasteiger partial charge in [0.25, 0.3) is 5.91 Å². The van der Waals surface area contributed by atoms with Crippen LogP contribution in [0.1, 0.15) is 29.4 Å². The van der Waals surface area contributed by atoms with Gasteiger partial charge in [0.05, 0.1) is 5.69 Å². The van der Waals surface area contributed by atoms with E-state index >= 15 is 0 Å². The topological polar surface area (TPSA) is 88.9 Å². The van der Waals surface area contributed by atoms with Gasteiger partial charge in [-0.3, -0.25) is 14.5 Å². The number of rotatable bonds is 6. The molecule has 0 spiro atoms. The van der Waals surface area contributed by atoms with Crippen LogP contribution in [-0.2, 0) is 11.3 Å². The second kappa shape index (κ2) is 9.56. The SMILES string of the molecule is CCC(=O)Nc1cc(C(=O)N2CCN(Cc3ccc4c(c3)OCO4)CC2)nn1-c1ccccc1. The lowest BCUT2D eigenvalue weighted by Gasteiger charge is -2.34. The number of hydrogen-bond acceptors (Lipinski definition) is 6. The number of ether oxygens (including phenoxy) is 2. The van der Waals surface area contributed by atoms with Gasteiger partial charge in [0.2, 0.25) is 12.7 Å². The number of aromatic nitrogens is 2. The molecule has 0 saturated carbocycles. The highest BCUT2D eigenvalue weighted by molar-refractivity contribution is 5.95. The largest absolute Gasteiger partial charge is 0.454 e. The first-order chi connectivity index (χ1) is 16.6. The van der Waals surface area contributed by atoms with Gasteiger partial charge < -0.3 is 19.7 Å². The van der Waals surface area contributed by atoms with Crippen LogP contribution in [0.5, 0.6) is 11.5 Å². The van der Waals surface area contributed by atoms with Crippen LogP contribution >= 0.6 is 0 Å². The minimum absolute atomic E-state index is 0.131. The predicted octanol–water partition coefficient (Wildman–Crippen LogP) is 2.91. The molecule has 0 atom stereocenters. The second-order valence-electron chi connectivity index (χ2n) is 8.32. The smallest absolute Gasteiger partial charge is 0.274 e. The lowest BCUT2D eigenvalue weighted by Crippen LogP contribution is -2.48. The summed E-state index contributed by atoms with van der Waals surface area (Å²) in [7, 11) is 0. The molecule has 34 heavy (non-hydrogen) atoms. The van der Waals surface area contributed by atoms with Gasteiger partial charge in [0.1, 0.15) is 5.82 Å². The monoisotopic (exact) mass is 461 g/mol. The van der Waals surface area contributed by atoms with Crippen molar-refractivity contribution in [2.45, 2.75) is 19.9 Å². The van der Waals surface area contributed by atoms with Gasteiger partial charge in [-0.2, -0.15) is 5.10 Å². The molecule has 3 aromatic rings. The van der Waals surface area contributed by atoms with Crippen molar-refractivity contribution in [1.29, 1.82) is 0 Å². The molecule has 1 aromatic heterocycles. The third-order valence-electron chi connectivity index (χ3n) is 6.02. The molecule has 1 fully saturated rings. The van der Waals surface area contributed by atoms with E-state index in [0.717, 1.165) is 42.4 Å². The summed E-state index contributed by atoms with van der Waals surface area (Å²) >= 11 is 0. The van der Waals surface area contributed by atoms with E-state index in [1.165, 1.54) is 0 Å². The van der Waals surface area contributed by atoms with Crippen LogP contribution in [-0.4, -0.2) is 64.4 Å². The van der Waals surface area contributed by atoms with Crippen molar-refractivity contribution in [3.05, 3.63) is 65.9 Å². The first-order valence-electron chi connectivity index (χ1n) is 11.5. The van der Waals surface area contributed by atoms with Crippen LogP contribution in [0.2, 0.25) is 0 Å². The molecule has 0 unspecified atom stereocenters. The second-order valence-corrected chi connectivity index (χ2v) is 8.32. The van der Waals surface area contributed by atoms with E-state index in [1.54, 1.807) is 17.7 Å².